The average Bonchev–Trinajstić information content (AvgIpc) is 2.94. The Hall–Kier alpha value is -1.85. The maximum absolute atomic E-state index is 10.3. The van der Waals surface area contributed by atoms with Gasteiger partial charge in [-0.05, 0) is 67.3 Å². The van der Waals surface area contributed by atoms with Crippen LogP contribution in [0.1, 0.15) is 43.2 Å². The van der Waals surface area contributed by atoms with Crippen LogP contribution in [0.4, 0.5) is 5.69 Å². The van der Waals surface area contributed by atoms with E-state index in [1.54, 1.807) is 27.2 Å². The van der Waals surface area contributed by atoms with Crippen molar-refractivity contribution in [2.75, 3.05) is 64.7 Å². The van der Waals surface area contributed by atoms with Gasteiger partial charge in [0.15, 0.2) is 0 Å². The van der Waals surface area contributed by atoms with E-state index >= 15 is 0 Å². The molecule has 1 fully saturated rings. The zero-order valence-corrected chi connectivity index (χ0v) is 24.4. The van der Waals surface area contributed by atoms with E-state index in [4.69, 9.17) is 18.9 Å². The first-order valence-corrected chi connectivity index (χ1v) is 14.9. The Bertz CT molecular complexity index is 946. The van der Waals surface area contributed by atoms with Crippen LogP contribution in [0.3, 0.4) is 0 Å². The molecule has 0 aliphatic carbocycles. The van der Waals surface area contributed by atoms with Gasteiger partial charge in [0.25, 0.3) is 0 Å². The molecule has 218 valence electrons. The number of piperidine rings is 1. The first-order chi connectivity index (χ1) is 19.0. The molecule has 1 aliphatic rings. The van der Waals surface area contributed by atoms with Crippen molar-refractivity contribution in [2.45, 2.75) is 61.9 Å². The van der Waals surface area contributed by atoms with Gasteiger partial charge in [0.05, 0.1) is 37.2 Å². The number of benzene rings is 2. The minimum atomic E-state index is -0.532. The number of unbranched alkanes of at least 4 members (excludes halogenated alkanes) is 1. The number of phenolic OH excluding ortho intramolecular Hbond substituents is 1. The fourth-order valence-corrected chi connectivity index (χ4v) is 5.57. The Labute approximate surface area is 237 Å². The highest BCUT2D eigenvalue weighted by Crippen LogP contribution is 2.33. The van der Waals surface area contributed by atoms with Crippen LogP contribution in [0.15, 0.2) is 47.4 Å². The second-order valence-electron chi connectivity index (χ2n) is 10.00. The van der Waals surface area contributed by atoms with Gasteiger partial charge in [0.1, 0.15) is 5.75 Å². The maximum Gasteiger partial charge on any atom is 0.138 e. The van der Waals surface area contributed by atoms with Gasteiger partial charge in [-0.3, -0.25) is 0 Å². The van der Waals surface area contributed by atoms with Crippen LogP contribution in [0.5, 0.6) is 5.75 Å². The Morgan fingerprint density at radius 3 is 2.41 bits per heavy atom. The topological polar surface area (TPSA) is 101 Å². The highest BCUT2D eigenvalue weighted by molar-refractivity contribution is 7.99. The number of aliphatic hydroxyl groups excluding tert-OH is 1. The van der Waals surface area contributed by atoms with Crippen LogP contribution in [0, 0.1) is 0 Å². The molecule has 1 saturated heterocycles. The molecule has 39 heavy (non-hydrogen) atoms. The largest absolute Gasteiger partial charge is 0.506 e. The first-order valence-electron chi connectivity index (χ1n) is 13.9. The van der Waals surface area contributed by atoms with E-state index in [0.717, 1.165) is 37.2 Å². The van der Waals surface area contributed by atoms with Gasteiger partial charge in [-0.2, -0.15) is 0 Å². The third-order valence-corrected chi connectivity index (χ3v) is 7.78. The number of aromatic hydroxyl groups is 1. The van der Waals surface area contributed by atoms with E-state index in [1.165, 1.54) is 10.5 Å². The molecule has 0 radical (unpaired) electrons. The minimum absolute atomic E-state index is 0.0227. The van der Waals surface area contributed by atoms with Crippen LogP contribution in [0.2, 0.25) is 0 Å². The summed E-state index contributed by atoms with van der Waals surface area (Å²) in [6, 6.07) is 14.3. The molecule has 2 aromatic carbocycles. The van der Waals surface area contributed by atoms with Crippen molar-refractivity contribution in [1.82, 2.24) is 5.32 Å². The summed E-state index contributed by atoms with van der Waals surface area (Å²) in [6.07, 6.45) is 2.29. The molecule has 0 amide bonds. The van der Waals surface area contributed by atoms with Crippen LogP contribution >= 0.6 is 11.8 Å². The number of ether oxygens (including phenoxy) is 4. The number of hydrogen-bond donors (Lipinski definition) is 4. The summed E-state index contributed by atoms with van der Waals surface area (Å²) >= 11 is 1.86. The van der Waals surface area contributed by atoms with Gasteiger partial charge in [-0.1, -0.05) is 18.2 Å². The van der Waals surface area contributed by atoms with E-state index < -0.39 is 6.10 Å². The summed E-state index contributed by atoms with van der Waals surface area (Å²) in [5.41, 5.74) is 2.85. The number of anilines is 1. The van der Waals surface area contributed by atoms with Crippen molar-refractivity contribution in [1.29, 1.82) is 0 Å². The van der Waals surface area contributed by atoms with Gasteiger partial charge in [0, 0.05) is 57.9 Å². The lowest BCUT2D eigenvalue weighted by atomic mass is 9.85. The number of phenols is 1. The molecule has 4 N–H and O–H groups in total. The number of thioether (sulfide) groups is 1. The van der Waals surface area contributed by atoms with Crippen molar-refractivity contribution in [3.8, 4) is 5.75 Å². The normalized spacial score (nSPS) is 20.2. The second-order valence-corrected chi connectivity index (χ2v) is 11.2. The molecule has 2 aromatic rings. The van der Waals surface area contributed by atoms with E-state index in [0.29, 0.717) is 38.5 Å². The zero-order chi connectivity index (χ0) is 27.9. The molecule has 0 aromatic heterocycles. The molecule has 0 spiro atoms. The molecular weight excluding hydrogens is 516 g/mol. The number of aliphatic hydroxyl groups is 1. The zero-order valence-electron chi connectivity index (χ0n) is 23.6. The van der Waals surface area contributed by atoms with Gasteiger partial charge in [-0.15, -0.1) is 11.8 Å². The highest BCUT2D eigenvalue weighted by Gasteiger charge is 2.36. The summed E-state index contributed by atoms with van der Waals surface area (Å²) in [7, 11) is 3.43. The molecule has 0 unspecified atom stereocenters. The lowest BCUT2D eigenvalue weighted by molar-refractivity contribution is -0.0752. The number of hydrogen-bond acceptors (Lipinski definition) is 9. The monoisotopic (exact) mass is 562 g/mol. The summed E-state index contributed by atoms with van der Waals surface area (Å²) in [4.78, 5) is 1.25. The van der Waals surface area contributed by atoms with Gasteiger partial charge < -0.3 is 39.8 Å². The Morgan fingerprint density at radius 2 is 1.69 bits per heavy atom. The van der Waals surface area contributed by atoms with Crippen molar-refractivity contribution < 1.29 is 29.2 Å². The first kappa shape index (κ1) is 31.7. The molecular formula is C30H46N2O6S. The molecule has 8 nitrogen and oxygen atoms in total. The number of rotatable bonds is 18. The predicted molar refractivity (Wildman–Crippen MR) is 157 cm³/mol. The van der Waals surface area contributed by atoms with E-state index in [-0.39, 0.29) is 30.5 Å². The van der Waals surface area contributed by atoms with Crippen molar-refractivity contribution in [2.24, 2.45) is 0 Å². The molecule has 0 saturated carbocycles. The summed E-state index contributed by atoms with van der Waals surface area (Å²) in [5.74, 6) is 1.31. The van der Waals surface area contributed by atoms with Crippen LogP contribution in [0.25, 0.3) is 0 Å². The van der Waals surface area contributed by atoms with Crippen molar-refractivity contribution in [3.63, 3.8) is 0 Å². The predicted octanol–water partition coefficient (Wildman–Crippen LogP) is 4.40. The molecule has 1 aliphatic heterocycles. The van der Waals surface area contributed by atoms with Gasteiger partial charge in [-0.25, -0.2) is 0 Å². The standard InChI is InChI=1S/C30H46N2O6S/c1-22(33)20-37-28-18-31-19-29(30(28)24-8-10-25(11-9-24)39-16-5-4-14-35-2)38-21-23-7-12-27(34)26(17-23)32-13-6-15-36-3/h7-12,17,22,28-34H,4-6,13-16,18-21H2,1-3H3/t22-,28-,29+,30+/m1/s1. The average molecular weight is 563 g/mol. The molecule has 9 heteroatoms. The quantitative estimate of drug-likeness (QED) is 0.120. The Morgan fingerprint density at radius 1 is 0.974 bits per heavy atom. The molecule has 1 heterocycles. The Balaban J connectivity index is 1.67. The van der Waals surface area contributed by atoms with Crippen molar-refractivity contribution in [3.05, 3.63) is 53.6 Å². The van der Waals surface area contributed by atoms with Gasteiger partial charge in [0.2, 0.25) is 0 Å². The van der Waals surface area contributed by atoms with E-state index in [1.807, 2.05) is 23.9 Å². The summed E-state index contributed by atoms with van der Waals surface area (Å²) in [5, 5.41) is 26.8. The smallest absolute Gasteiger partial charge is 0.138 e. The van der Waals surface area contributed by atoms with Crippen LogP contribution in [-0.2, 0) is 25.6 Å². The number of nitrogens with one attached hydrogen (secondary N) is 2. The van der Waals surface area contributed by atoms with Gasteiger partial charge >= 0.3 is 0 Å². The lowest BCUT2D eigenvalue weighted by Gasteiger charge is -2.39. The van der Waals surface area contributed by atoms with E-state index in [9.17, 15) is 10.2 Å². The maximum atomic E-state index is 10.3. The molecule has 0 bridgehead atoms. The summed E-state index contributed by atoms with van der Waals surface area (Å²) < 4.78 is 22.9. The fourth-order valence-electron chi connectivity index (χ4n) is 4.66. The second kappa shape index (κ2) is 17.8. The van der Waals surface area contributed by atoms with Crippen molar-refractivity contribution >= 4 is 17.4 Å². The van der Waals surface area contributed by atoms with Crippen LogP contribution < -0.4 is 10.6 Å². The lowest BCUT2D eigenvalue weighted by Crippen LogP contribution is -2.51. The highest BCUT2D eigenvalue weighted by atomic mass is 32.2. The Kier molecular flexibility index (Phi) is 14.4. The summed E-state index contributed by atoms with van der Waals surface area (Å²) in [6.45, 7) is 6.01. The fraction of sp³-hybridized carbons (Fsp3) is 0.600. The van der Waals surface area contributed by atoms with Crippen LogP contribution in [-0.4, -0.2) is 88.0 Å². The SMILES string of the molecule is COCCCCSc1ccc([C@@H]2[C@@H](OCc3ccc(O)c(NCCCOC)c3)CNC[C@H]2OC[C@@H](C)O)cc1. The molecule has 3 rings (SSSR count). The van der Waals surface area contributed by atoms with E-state index in [2.05, 4.69) is 34.9 Å². The third-order valence-electron chi connectivity index (χ3n) is 6.69. The minimum Gasteiger partial charge on any atom is -0.506 e. The molecule has 4 atom stereocenters. The number of methoxy groups -OCH3 is 2. The third kappa shape index (κ3) is 10.9.